The van der Waals surface area contributed by atoms with Crippen LogP contribution >= 0.6 is 31.7 Å². The Hall–Kier alpha value is -6.36. The van der Waals surface area contributed by atoms with E-state index in [1.54, 1.807) is 0 Å². The first-order chi connectivity index (χ1) is 35.6. The first kappa shape index (κ1) is 47.9. The van der Waals surface area contributed by atoms with Crippen LogP contribution in [-0.4, -0.2) is 70.4 Å². The summed E-state index contributed by atoms with van der Waals surface area (Å²) in [5, 5.41) is 10.6. The first-order valence-corrected chi connectivity index (χ1v) is 30.5. The standard InChI is InChI=1S/C64H56N2O2P4/c67-63(65-45-59(69(51-25-9-1-10-26-51)52-27-11-2-12-28-52)60(46-65)70(53-29-13-3-14-30-53)54-31-15-4-16-32-54)49-41-43-50(44-42-49)64(68)66-47-61(71(55-33-17-5-18-34-55)56-35-19-6-20-36-56)62(48-66)72(57-37-21-7-22-38-57)58-39-23-8-24-40-58/h1-44,59-62H,45-48H2/t59-,60-,61-,62-/m1/s1. The molecular weight excluding hydrogens is 953 g/mol. The molecule has 4 nitrogen and oxygen atoms in total. The Morgan fingerprint density at radius 2 is 0.403 bits per heavy atom. The lowest BCUT2D eigenvalue weighted by Crippen LogP contribution is -2.34. The van der Waals surface area contributed by atoms with E-state index in [2.05, 4.69) is 252 Å². The van der Waals surface area contributed by atoms with Gasteiger partial charge in [0.2, 0.25) is 0 Å². The highest BCUT2D eigenvalue weighted by Crippen LogP contribution is 2.56. The zero-order chi connectivity index (χ0) is 48.6. The number of rotatable bonds is 14. The van der Waals surface area contributed by atoms with Gasteiger partial charge in [0.25, 0.3) is 11.8 Å². The molecule has 0 saturated carbocycles. The third kappa shape index (κ3) is 10.3. The second-order valence-corrected chi connectivity index (χ2v) is 28.2. The number of hydrogen-bond donors (Lipinski definition) is 0. The zero-order valence-electron chi connectivity index (χ0n) is 40.0. The molecule has 2 fully saturated rings. The fraction of sp³-hybridized carbons (Fsp3) is 0.125. The summed E-state index contributed by atoms with van der Waals surface area (Å²) < 4.78 is 0. The molecule has 0 N–H and O–H groups in total. The van der Waals surface area contributed by atoms with Crippen molar-refractivity contribution in [2.75, 3.05) is 26.2 Å². The van der Waals surface area contributed by atoms with Crippen molar-refractivity contribution in [3.05, 3.63) is 278 Å². The van der Waals surface area contributed by atoms with Crippen LogP contribution in [0.1, 0.15) is 20.7 Å². The van der Waals surface area contributed by atoms with Crippen molar-refractivity contribution in [1.82, 2.24) is 9.80 Å². The summed E-state index contributed by atoms with van der Waals surface area (Å²) in [5.41, 5.74) is 2.03. The molecule has 72 heavy (non-hydrogen) atoms. The summed E-state index contributed by atoms with van der Waals surface area (Å²) in [6, 6.07) is 95.3. The smallest absolute Gasteiger partial charge is 0.253 e. The number of amides is 2. The van der Waals surface area contributed by atoms with Gasteiger partial charge in [0.05, 0.1) is 0 Å². The molecule has 0 radical (unpaired) electrons. The van der Waals surface area contributed by atoms with E-state index in [1.807, 2.05) is 24.3 Å². The van der Waals surface area contributed by atoms with Crippen LogP contribution < -0.4 is 42.4 Å². The second kappa shape index (κ2) is 22.6. The van der Waals surface area contributed by atoms with Crippen LogP contribution in [0.15, 0.2) is 267 Å². The molecule has 11 rings (SSSR count). The average Bonchev–Trinajstić information content (AvgIpc) is 4.08. The van der Waals surface area contributed by atoms with Crippen molar-refractivity contribution in [3.8, 4) is 0 Å². The van der Waals surface area contributed by atoms with E-state index in [0.717, 1.165) is 0 Å². The molecule has 4 atom stereocenters. The summed E-state index contributed by atoms with van der Waals surface area (Å²) in [7, 11) is -3.39. The van der Waals surface area contributed by atoms with Gasteiger partial charge in [-0.15, -0.1) is 0 Å². The SMILES string of the molecule is O=C(c1ccc(C(=O)N2C[C@@H](P(c3ccccc3)c3ccccc3)[C@H](P(c3ccccc3)c3ccccc3)C2)cc1)N1C[C@@H](P(c2ccccc2)c2ccccc2)[C@H](P(c2ccccc2)c2ccccc2)C1. The Bertz CT molecular complexity index is 2600. The van der Waals surface area contributed by atoms with Gasteiger partial charge < -0.3 is 9.80 Å². The minimum Gasteiger partial charge on any atom is -0.337 e. The highest BCUT2D eigenvalue weighted by Gasteiger charge is 2.47. The van der Waals surface area contributed by atoms with Gasteiger partial charge in [-0.1, -0.05) is 243 Å². The summed E-state index contributed by atoms with van der Waals surface area (Å²) in [6.45, 7) is 2.58. The number of carbonyl (C=O) groups excluding carboxylic acids is 2. The highest BCUT2D eigenvalue weighted by molar-refractivity contribution is 7.78. The summed E-state index contributed by atoms with van der Waals surface area (Å²) in [5.74, 6) is 0.0327. The van der Waals surface area contributed by atoms with E-state index < -0.39 is 31.7 Å². The van der Waals surface area contributed by atoms with E-state index in [4.69, 9.17) is 0 Å². The monoisotopic (exact) mass is 1010 g/mol. The van der Waals surface area contributed by atoms with Gasteiger partial charge in [-0.25, -0.2) is 0 Å². The van der Waals surface area contributed by atoms with Crippen molar-refractivity contribution < 1.29 is 9.59 Å². The molecule has 0 bridgehead atoms. The molecule has 0 unspecified atom stereocenters. The Labute approximate surface area is 429 Å². The van der Waals surface area contributed by atoms with Crippen LogP contribution in [-0.2, 0) is 0 Å². The van der Waals surface area contributed by atoms with Crippen molar-refractivity contribution in [3.63, 3.8) is 0 Å². The fourth-order valence-electron chi connectivity index (χ4n) is 10.8. The van der Waals surface area contributed by atoms with Crippen molar-refractivity contribution >= 4 is 85.9 Å². The van der Waals surface area contributed by atoms with E-state index in [1.165, 1.54) is 42.4 Å². The molecule has 8 heteroatoms. The molecule has 354 valence electrons. The first-order valence-electron chi connectivity index (χ1n) is 24.8. The quantitative estimate of drug-likeness (QED) is 0.102. The topological polar surface area (TPSA) is 40.6 Å². The summed E-state index contributed by atoms with van der Waals surface area (Å²) in [4.78, 5) is 34.4. The Kier molecular flexibility index (Phi) is 15.0. The highest BCUT2D eigenvalue weighted by atomic mass is 31.1. The van der Waals surface area contributed by atoms with Crippen LogP contribution in [0, 0.1) is 0 Å². The summed E-state index contributed by atoms with van der Waals surface area (Å²) >= 11 is 0. The van der Waals surface area contributed by atoms with Gasteiger partial charge in [-0.05, 0) is 98.4 Å². The molecule has 9 aromatic rings. The number of carbonyl (C=O) groups is 2. The molecule has 9 aromatic carbocycles. The molecule has 0 aromatic heterocycles. The average molecular weight is 1010 g/mol. The van der Waals surface area contributed by atoms with Gasteiger partial charge in [0.15, 0.2) is 0 Å². The Morgan fingerprint density at radius 1 is 0.250 bits per heavy atom. The van der Waals surface area contributed by atoms with E-state index >= 15 is 9.59 Å². The molecule has 0 aliphatic carbocycles. The predicted octanol–water partition coefficient (Wildman–Crippen LogP) is 10.6. The third-order valence-corrected chi connectivity index (χ3v) is 26.1. The lowest BCUT2D eigenvalue weighted by molar-refractivity contribution is 0.0781. The van der Waals surface area contributed by atoms with E-state index in [0.29, 0.717) is 37.3 Å². The van der Waals surface area contributed by atoms with Gasteiger partial charge >= 0.3 is 0 Å². The summed E-state index contributed by atoms with van der Waals surface area (Å²) in [6.07, 6.45) is 0. The third-order valence-electron chi connectivity index (χ3n) is 14.1. The molecule has 2 aliphatic heterocycles. The molecule has 0 spiro atoms. The largest absolute Gasteiger partial charge is 0.337 e. The maximum atomic E-state index is 15.1. The minimum atomic E-state index is -0.846. The molecule has 2 saturated heterocycles. The lowest BCUT2D eigenvalue weighted by atomic mass is 10.1. The normalized spacial score (nSPS) is 17.8. The van der Waals surface area contributed by atoms with Crippen molar-refractivity contribution in [2.45, 2.75) is 22.6 Å². The maximum absolute atomic E-state index is 15.1. The maximum Gasteiger partial charge on any atom is 0.253 e. The van der Waals surface area contributed by atoms with Gasteiger partial charge in [-0.2, -0.15) is 0 Å². The molecule has 2 heterocycles. The van der Waals surface area contributed by atoms with E-state index in [9.17, 15) is 0 Å². The van der Waals surface area contributed by atoms with Gasteiger partial charge in [-0.3, -0.25) is 9.59 Å². The van der Waals surface area contributed by atoms with Gasteiger partial charge in [0.1, 0.15) is 0 Å². The van der Waals surface area contributed by atoms with Crippen molar-refractivity contribution in [2.24, 2.45) is 0 Å². The van der Waals surface area contributed by atoms with Crippen molar-refractivity contribution in [1.29, 1.82) is 0 Å². The van der Waals surface area contributed by atoms with Crippen LogP contribution in [0.25, 0.3) is 0 Å². The lowest BCUT2D eigenvalue weighted by Gasteiger charge is -2.34. The molecular formula is C64H56N2O2P4. The van der Waals surface area contributed by atoms with Gasteiger partial charge in [0, 0.05) is 59.9 Å². The number of hydrogen-bond acceptors (Lipinski definition) is 2. The van der Waals surface area contributed by atoms with Crippen LogP contribution in [0.3, 0.4) is 0 Å². The predicted molar refractivity (Wildman–Crippen MR) is 310 cm³/mol. The molecule has 2 amide bonds. The molecule has 2 aliphatic rings. The fourth-order valence-corrected chi connectivity index (χ4v) is 23.8. The second-order valence-electron chi connectivity index (χ2n) is 18.4. The van der Waals surface area contributed by atoms with E-state index in [-0.39, 0.29) is 34.5 Å². The van der Waals surface area contributed by atoms with Crippen LogP contribution in [0.4, 0.5) is 0 Å². The zero-order valence-corrected chi connectivity index (χ0v) is 43.6. The number of benzene rings is 9. The van der Waals surface area contributed by atoms with Crippen LogP contribution in [0.2, 0.25) is 0 Å². The Balaban J connectivity index is 0.922. The minimum absolute atomic E-state index is 0.0164. The number of nitrogens with zero attached hydrogens (tertiary/aromatic N) is 2. The number of likely N-dealkylation sites (tertiary alicyclic amines) is 2. The van der Waals surface area contributed by atoms with Crippen LogP contribution in [0.5, 0.6) is 0 Å². The Morgan fingerprint density at radius 3 is 0.556 bits per heavy atom.